The molecule has 0 radical (unpaired) electrons. The second-order valence-corrected chi connectivity index (χ2v) is 13.7. The Hall–Kier alpha value is -5.32. The van der Waals surface area contributed by atoms with Gasteiger partial charge >= 0.3 is 6.03 Å². The standard InChI is InChI=1S/C40H40ClN5O7/c1-44-24-29(33(25-44)32-23-30(41)11-14-35(32)47)10-7-27-8-12-31(13-9-27)42-37(48)34-26-53-40(15-19-51-20-16-40)46(34)38(49)36(28-5-3-2-4-6-28)43-39(50)45-17-21-52-22-18-45/h2-6,8-9,11-14,23-25,34,36,47H,15-22,26H2,1H3,(H,42,48)(H,43,50)/t34-,36+/m0/s1. The molecule has 3 aliphatic rings. The van der Waals surface area contributed by atoms with Crippen LogP contribution in [0.4, 0.5) is 10.5 Å². The number of hydrogen-bond acceptors (Lipinski definition) is 7. The second kappa shape index (κ2) is 15.7. The fraction of sp³-hybridized carbons (Fsp3) is 0.325. The van der Waals surface area contributed by atoms with E-state index < -0.39 is 29.6 Å². The Balaban J connectivity index is 1.11. The van der Waals surface area contributed by atoms with Crippen LogP contribution < -0.4 is 10.6 Å². The highest BCUT2D eigenvalue weighted by molar-refractivity contribution is 6.31. The molecule has 3 fully saturated rings. The van der Waals surface area contributed by atoms with Crippen LogP contribution in [0, 0.1) is 11.8 Å². The summed E-state index contributed by atoms with van der Waals surface area (Å²) in [6, 6.07) is 18.6. The van der Waals surface area contributed by atoms with Crippen molar-refractivity contribution in [3.63, 3.8) is 0 Å². The second-order valence-electron chi connectivity index (χ2n) is 13.2. The van der Waals surface area contributed by atoms with E-state index in [4.69, 9.17) is 25.8 Å². The lowest BCUT2D eigenvalue weighted by atomic mass is 9.97. The van der Waals surface area contributed by atoms with Crippen molar-refractivity contribution in [2.45, 2.75) is 30.7 Å². The van der Waals surface area contributed by atoms with E-state index in [1.165, 1.54) is 4.90 Å². The molecule has 53 heavy (non-hydrogen) atoms. The van der Waals surface area contributed by atoms with E-state index in [1.807, 2.05) is 42.2 Å². The van der Waals surface area contributed by atoms with Crippen molar-refractivity contribution in [2.24, 2.45) is 7.05 Å². The van der Waals surface area contributed by atoms with Gasteiger partial charge in [0.25, 0.3) is 5.91 Å². The maximum Gasteiger partial charge on any atom is 0.318 e. The quantitative estimate of drug-likeness (QED) is 0.240. The Bertz CT molecular complexity index is 2030. The number of carbonyl (C=O) groups excluding carboxylic acids is 3. The normalized spacial score (nSPS) is 18.6. The van der Waals surface area contributed by atoms with E-state index in [9.17, 15) is 19.5 Å². The zero-order chi connectivity index (χ0) is 37.0. The van der Waals surface area contributed by atoms with Crippen molar-refractivity contribution in [2.75, 3.05) is 51.4 Å². The molecule has 2 atom stereocenters. The molecular weight excluding hydrogens is 698 g/mol. The van der Waals surface area contributed by atoms with Gasteiger partial charge in [-0.3, -0.25) is 14.5 Å². The lowest BCUT2D eigenvalue weighted by Gasteiger charge is -2.42. The van der Waals surface area contributed by atoms with Gasteiger partial charge in [-0.25, -0.2) is 4.79 Å². The van der Waals surface area contributed by atoms with Crippen LogP contribution in [0.1, 0.15) is 35.6 Å². The first-order valence-electron chi connectivity index (χ1n) is 17.5. The Morgan fingerprint density at radius 2 is 1.62 bits per heavy atom. The highest BCUT2D eigenvalue weighted by atomic mass is 35.5. The van der Waals surface area contributed by atoms with E-state index in [0.29, 0.717) is 85.3 Å². The van der Waals surface area contributed by atoms with Gasteiger partial charge in [-0.05, 0) is 48.0 Å². The predicted molar refractivity (Wildman–Crippen MR) is 198 cm³/mol. The third-order valence-electron chi connectivity index (χ3n) is 9.72. The fourth-order valence-corrected chi connectivity index (χ4v) is 7.13. The minimum Gasteiger partial charge on any atom is -0.507 e. The zero-order valence-electron chi connectivity index (χ0n) is 29.2. The van der Waals surface area contributed by atoms with Gasteiger partial charge in [0, 0.05) is 72.8 Å². The van der Waals surface area contributed by atoms with Crippen LogP contribution in [0.15, 0.2) is 85.2 Å². The van der Waals surface area contributed by atoms with E-state index in [0.717, 1.165) is 5.56 Å². The third-order valence-corrected chi connectivity index (χ3v) is 9.95. The molecule has 0 unspecified atom stereocenters. The number of urea groups is 1. The van der Waals surface area contributed by atoms with Crippen LogP contribution in [0.2, 0.25) is 5.02 Å². The van der Waals surface area contributed by atoms with E-state index in [1.54, 1.807) is 59.5 Å². The molecule has 3 N–H and O–H groups in total. The number of phenolic OH excluding ortho intramolecular Hbond substituents is 1. The number of aromatic hydroxyl groups is 1. The van der Waals surface area contributed by atoms with E-state index >= 15 is 0 Å². The number of carbonyl (C=O) groups is 3. The molecule has 0 saturated carbocycles. The molecule has 7 rings (SSSR count). The number of anilines is 1. The van der Waals surface area contributed by atoms with Crippen molar-refractivity contribution >= 4 is 35.1 Å². The average Bonchev–Trinajstić information content (AvgIpc) is 3.74. The number of morpholine rings is 1. The minimum atomic E-state index is -1.06. The van der Waals surface area contributed by atoms with Gasteiger partial charge in [0.2, 0.25) is 5.91 Å². The number of hydrogen-bond donors (Lipinski definition) is 3. The third kappa shape index (κ3) is 7.89. The number of rotatable bonds is 6. The predicted octanol–water partition coefficient (Wildman–Crippen LogP) is 4.91. The van der Waals surface area contributed by atoms with Crippen LogP contribution in [0.5, 0.6) is 5.75 Å². The van der Waals surface area contributed by atoms with Crippen LogP contribution >= 0.6 is 11.6 Å². The SMILES string of the molecule is Cn1cc(C#Cc2ccc(NC(=O)[C@@H]3COC4(CCOCC4)N3C(=O)[C@H](NC(=O)N3CCOCC3)c3ccccc3)cc2)c(-c2cc(Cl)ccc2O)c1. The van der Waals surface area contributed by atoms with Gasteiger partial charge in [0.05, 0.1) is 38.6 Å². The topological polar surface area (TPSA) is 135 Å². The molecule has 13 heteroatoms. The van der Waals surface area contributed by atoms with Gasteiger partial charge in [0.15, 0.2) is 0 Å². The smallest absolute Gasteiger partial charge is 0.318 e. The maximum absolute atomic E-state index is 14.7. The molecule has 3 aliphatic heterocycles. The number of amides is 4. The number of nitrogens with zero attached hydrogens (tertiary/aromatic N) is 3. The molecule has 12 nitrogen and oxygen atoms in total. The largest absolute Gasteiger partial charge is 0.507 e. The number of halogens is 1. The van der Waals surface area contributed by atoms with Crippen LogP contribution in [0.3, 0.4) is 0 Å². The Morgan fingerprint density at radius 1 is 0.906 bits per heavy atom. The first-order chi connectivity index (χ1) is 25.7. The van der Waals surface area contributed by atoms with Crippen molar-refractivity contribution in [1.29, 1.82) is 0 Å². The molecule has 4 heterocycles. The van der Waals surface area contributed by atoms with Gasteiger partial charge in [-0.15, -0.1) is 0 Å². The first kappa shape index (κ1) is 36.1. The van der Waals surface area contributed by atoms with Gasteiger partial charge in [-0.2, -0.15) is 0 Å². The average molecular weight is 738 g/mol. The van der Waals surface area contributed by atoms with Crippen molar-refractivity contribution in [3.05, 3.63) is 107 Å². The fourth-order valence-electron chi connectivity index (χ4n) is 6.96. The summed E-state index contributed by atoms with van der Waals surface area (Å²) in [6.07, 6.45) is 4.51. The van der Waals surface area contributed by atoms with Gasteiger partial charge in [0.1, 0.15) is 23.6 Å². The number of benzene rings is 3. The maximum atomic E-state index is 14.7. The summed E-state index contributed by atoms with van der Waals surface area (Å²) >= 11 is 6.20. The monoisotopic (exact) mass is 737 g/mol. The van der Waals surface area contributed by atoms with Crippen molar-refractivity contribution in [3.8, 4) is 28.7 Å². The molecule has 4 amide bonds. The number of nitrogens with one attached hydrogen (secondary N) is 2. The summed E-state index contributed by atoms with van der Waals surface area (Å²) in [5.41, 5.74) is 2.80. The highest BCUT2D eigenvalue weighted by Gasteiger charge is 2.54. The molecule has 1 spiro atoms. The molecule has 1 aromatic heterocycles. The summed E-state index contributed by atoms with van der Waals surface area (Å²) in [5, 5.41) is 16.9. The molecule has 0 aliphatic carbocycles. The molecule has 3 aromatic carbocycles. The Kier molecular flexibility index (Phi) is 10.7. The number of aryl methyl sites for hydroxylation is 1. The number of phenols is 1. The van der Waals surface area contributed by atoms with Crippen LogP contribution in [-0.4, -0.2) is 95.2 Å². The zero-order valence-corrected chi connectivity index (χ0v) is 30.0. The molecule has 274 valence electrons. The van der Waals surface area contributed by atoms with E-state index in [2.05, 4.69) is 22.5 Å². The Morgan fingerprint density at radius 3 is 2.36 bits per heavy atom. The summed E-state index contributed by atoms with van der Waals surface area (Å²) in [4.78, 5) is 45.3. The number of ether oxygens (including phenoxy) is 3. The van der Waals surface area contributed by atoms with Gasteiger partial charge in [-0.1, -0.05) is 53.8 Å². The van der Waals surface area contributed by atoms with Crippen molar-refractivity contribution in [1.82, 2.24) is 19.7 Å². The van der Waals surface area contributed by atoms with Crippen molar-refractivity contribution < 1.29 is 33.7 Å². The van der Waals surface area contributed by atoms with E-state index in [-0.39, 0.29) is 18.4 Å². The lowest BCUT2D eigenvalue weighted by Crippen LogP contribution is -2.60. The highest BCUT2D eigenvalue weighted by Crippen LogP contribution is 2.39. The Labute approximate surface area is 312 Å². The van der Waals surface area contributed by atoms with Crippen LogP contribution in [0.25, 0.3) is 11.1 Å². The summed E-state index contributed by atoms with van der Waals surface area (Å²) in [5.74, 6) is 5.60. The molecular formula is C40H40ClN5O7. The molecule has 3 saturated heterocycles. The molecule has 4 aromatic rings. The minimum absolute atomic E-state index is 0.0123. The summed E-state index contributed by atoms with van der Waals surface area (Å²) in [6.45, 7) is 2.36. The first-order valence-corrected chi connectivity index (χ1v) is 17.9. The molecule has 0 bridgehead atoms. The lowest BCUT2D eigenvalue weighted by molar-refractivity contribution is -0.172. The summed E-state index contributed by atoms with van der Waals surface area (Å²) in [7, 11) is 1.88. The van der Waals surface area contributed by atoms with Gasteiger partial charge < -0.3 is 39.4 Å². The number of aromatic nitrogens is 1. The van der Waals surface area contributed by atoms with Crippen LogP contribution in [-0.2, 0) is 30.8 Å². The summed E-state index contributed by atoms with van der Waals surface area (Å²) < 4.78 is 19.2.